The Bertz CT molecular complexity index is 324. The molecule has 0 aromatic carbocycles. The number of aromatic nitrogens is 1. The Hall–Kier alpha value is -0.450. The van der Waals surface area contributed by atoms with Crippen LogP contribution in [0.4, 0.5) is 0 Å². The highest BCUT2D eigenvalue weighted by molar-refractivity contribution is 7.11. The first kappa shape index (κ1) is 12.0. The molecule has 1 aromatic heterocycles. The zero-order valence-electron chi connectivity index (χ0n) is 9.98. The van der Waals surface area contributed by atoms with E-state index in [1.807, 2.05) is 6.20 Å². The summed E-state index contributed by atoms with van der Waals surface area (Å²) in [6.07, 6.45) is 5.74. The van der Waals surface area contributed by atoms with Gasteiger partial charge in [-0.1, -0.05) is 6.92 Å². The second kappa shape index (κ2) is 5.75. The largest absolute Gasteiger partial charge is 0.326 e. The maximum absolute atomic E-state index is 5.58. The van der Waals surface area contributed by atoms with Gasteiger partial charge in [-0.3, -0.25) is 0 Å². The first-order valence-electron chi connectivity index (χ1n) is 6.14. The molecule has 1 fully saturated rings. The van der Waals surface area contributed by atoms with Gasteiger partial charge in [0, 0.05) is 37.1 Å². The van der Waals surface area contributed by atoms with Crippen molar-refractivity contribution in [1.82, 2.24) is 9.88 Å². The Kier molecular flexibility index (Phi) is 4.32. The number of piperidine rings is 1. The molecule has 0 saturated carbocycles. The molecule has 2 rings (SSSR count). The monoisotopic (exact) mass is 239 g/mol. The van der Waals surface area contributed by atoms with Crippen molar-refractivity contribution in [1.29, 1.82) is 0 Å². The van der Waals surface area contributed by atoms with Crippen LogP contribution >= 0.6 is 11.3 Å². The minimum Gasteiger partial charge on any atom is -0.326 e. The van der Waals surface area contributed by atoms with E-state index in [-0.39, 0.29) is 0 Å². The van der Waals surface area contributed by atoms with Crippen LogP contribution < -0.4 is 5.73 Å². The lowest BCUT2D eigenvalue weighted by molar-refractivity contribution is 0.186. The van der Waals surface area contributed by atoms with Gasteiger partial charge in [0.25, 0.3) is 0 Å². The SMILES string of the molecule is CC1CCCN(CCc2ncc(CN)s2)C1. The second-order valence-electron chi connectivity index (χ2n) is 4.72. The summed E-state index contributed by atoms with van der Waals surface area (Å²) in [5.74, 6) is 0.865. The van der Waals surface area contributed by atoms with Crippen molar-refractivity contribution in [2.24, 2.45) is 11.7 Å². The molecule has 4 heteroatoms. The standard InChI is InChI=1S/C12H21N3S/c1-10-3-2-5-15(9-10)6-4-12-14-8-11(7-13)16-12/h8,10H,2-7,9,13H2,1H3. The Morgan fingerprint density at radius 3 is 3.19 bits per heavy atom. The number of hydrogen-bond acceptors (Lipinski definition) is 4. The minimum absolute atomic E-state index is 0.623. The van der Waals surface area contributed by atoms with Crippen molar-refractivity contribution in [3.05, 3.63) is 16.1 Å². The van der Waals surface area contributed by atoms with E-state index in [0.29, 0.717) is 6.54 Å². The molecule has 0 aliphatic carbocycles. The summed E-state index contributed by atoms with van der Waals surface area (Å²) in [7, 11) is 0. The van der Waals surface area contributed by atoms with E-state index in [0.717, 1.165) is 18.9 Å². The predicted octanol–water partition coefficient (Wildman–Crippen LogP) is 1.88. The molecule has 3 nitrogen and oxygen atoms in total. The zero-order chi connectivity index (χ0) is 11.4. The van der Waals surface area contributed by atoms with Gasteiger partial charge in [0.1, 0.15) is 0 Å². The van der Waals surface area contributed by atoms with Crippen molar-refractivity contribution >= 4 is 11.3 Å². The van der Waals surface area contributed by atoms with E-state index < -0.39 is 0 Å². The van der Waals surface area contributed by atoms with Crippen LogP contribution in [0.2, 0.25) is 0 Å². The van der Waals surface area contributed by atoms with E-state index in [9.17, 15) is 0 Å². The smallest absolute Gasteiger partial charge is 0.0940 e. The van der Waals surface area contributed by atoms with Crippen molar-refractivity contribution in [2.45, 2.75) is 32.7 Å². The zero-order valence-corrected chi connectivity index (χ0v) is 10.8. The number of likely N-dealkylation sites (tertiary alicyclic amines) is 1. The van der Waals surface area contributed by atoms with Gasteiger partial charge < -0.3 is 10.6 Å². The van der Waals surface area contributed by atoms with Gasteiger partial charge in [0.2, 0.25) is 0 Å². The number of rotatable bonds is 4. The first-order valence-corrected chi connectivity index (χ1v) is 6.95. The third-order valence-electron chi connectivity index (χ3n) is 3.19. The quantitative estimate of drug-likeness (QED) is 0.872. The number of nitrogens with zero attached hydrogens (tertiary/aromatic N) is 2. The first-order chi connectivity index (χ1) is 7.78. The van der Waals surface area contributed by atoms with E-state index in [2.05, 4.69) is 16.8 Å². The van der Waals surface area contributed by atoms with Crippen LogP contribution in [-0.2, 0) is 13.0 Å². The van der Waals surface area contributed by atoms with Gasteiger partial charge in [0.05, 0.1) is 5.01 Å². The highest BCUT2D eigenvalue weighted by Gasteiger charge is 2.16. The Labute approximate surface area is 102 Å². The van der Waals surface area contributed by atoms with Crippen LogP contribution in [0.3, 0.4) is 0 Å². The molecule has 90 valence electrons. The summed E-state index contributed by atoms with van der Waals surface area (Å²) >= 11 is 1.76. The van der Waals surface area contributed by atoms with Crippen LogP contribution in [0.15, 0.2) is 6.20 Å². The van der Waals surface area contributed by atoms with Crippen molar-refractivity contribution in [3.8, 4) is 0 Å². The van der Waals surface area contributed by atoms with Crippen LogP contribution in [0.5, 0.6) is 0 Å². The molecule has 1 atom stereocenters. The van der Waals surface area contributed by atoms with Gasteiger partial charge in [-0.2, -0.15) is 0 Å². The summed E-state index contributed by atoms with van der Waals surface area (Å²) in [6.45, 7) is 6.65. The fourth-order valence-electron chi connectivity index (χ4n) is 2.30. The van der Waals surface area contributed by atoms with Gasteiger partial charge >= 0.3 is 0 Å². The third-order valence-corrected chi connectivity index (χ3v) is 4.27. The van der Waals surface area contributed by atoms with Crippen molar-refractivity contribution < 1.29 is 0 Å². The molecule has 0 radical (unpaired) electrons. The molecule has 0 spiro atoms. The molecule has 1 aliphatic heterocycles. The molecule has 16 heavy (non-hydrogen) atoms. The Morgan fingerprint density at radius 1 is 1.62 bits per heavy atom. The molecule has 0 amide bonds. The molecule has 1 aliphatic rings. The summed E-state index contributed by atoms with van der Waals surface area (Å²) in [5, 5.41) is 1.23. The number of hydrogen-bond donors (Lipinski definition) is 1. The lowest BCUT2D eigenvalue weighted by atomic mass is 10.0. The molecule has 0 bridgehead atoms. The molecule has 1 unspecified atom stereocenters. The molecular weight excluding hydrogens is 218 g/mol. The number of thiazole rings is 1. The molecular formula is C12H21N3S. The van der Waals surface area contributed by atoms with Crippen LogP contribution in [-0.4, -0.2) is 29.5 Å². The van der Waals surface area contributed by atoms with Crippen LogP contribution in [0.1, 0.15) is 29.7 Å². The summed E-state index contributed by atoms with van der Waals surface area (Å²) in [4.78, 5) is 8.17. The normalized spacial score (nSPS) is 22.5. The van der Waals surface area contributed by atoms with Gasteiger partial charge in [-0.15, -0.1) is 11.3 Å². The van der Waals surface area contributed by atoms with Crippen molar-refractivity contribution in [3.63, 3.8) is 0 Å². The van der Waals surface area contributed by atoms with Gasteiger partial charge in [-0.05, 0) is 25.3 Å². The third kappa shape index (κ3) is 3.27. The van der Waals surface area contributed by atoms with E-state index >= 15 is 0 Å². The van der Waals surface area contributed by atoms with E-state index in [1.165, 1.54) is 35.8 Å². The number of nitrogens with two attached hydrogens (primary N) is 1. The average molecular weight is 239 g/mol. The highest BCUT2D eigenvalue weighted by Crippen LogP contribution is 2.17. The average Bonchev–Trinajstić information content (AvgIpc) is 2.74. The van der Waals surface area contributed by atoms with Crippen LogP contribution in [0, 0.1) is 5.92 Å². The maximum Gasteiger partial charge on any atom is 0.0940 e. The minimum atomic E-state index is 0.623. The summed E-state index contributed by atoms with van der Waals surface area (Å²) in [5.41, 5.74) is 5.58. The fourth-order valence-corrected chi connectivity index (χ4v) is 3.09. The maximum atomic E-state index is 5.58. The molecule has 1 saturated heterocycles. The summed E-state index contributed by atoms with van der Waals surface area (Å²) < 4.78 is 0. The summed E-state index contributed by atoms with van der Waals surface area (Å²) in [6, 6.07) is 0. The molecule has 2 N–H and O–H groups in total. The fraction of sp³-hybridized carbons (Fsp3) is 0.750. The van der Waals surface area contributed by atoms with Gasteiger partial charge in [-0.25, -0.2) is 4.98 Å². The predicted molar refractivity (Wildman–Crippen MR) is 68.5 cm³/mol. The molecule has 1 aromatic rings. The van der Waals surface area contributed by atoms with Crippen LogP contribution in [0.25, 0.3) is 0 Å². The lowest BCUT2D eigenvalue weighted by Gasteiger charge is -2.30. The second-order valence-corrected chi connectivity index (χ2v) is 5.92. The van der Waals surface area contributed by atoms with E-state index in [1.54, 1.807) is 11.3 Å². The van der Waals surface area contributed by atoms with Gasteiger partial charge in [0.15, 0.2) is 0 Å². The topological polar surface area (TPSA) is 42.2 Å². The lowest BCUT2D eigenvalue weighted by Crippen LogP contribution is -2.35. The Morgan fingerprint density at radius 2 is 2.50 bits per heavy atom. The van der Waals surface area contributed by atoms with Crippen molar-refractivity contribution in [2.75, 3.05) is 19.6 Å². The van der Waals surface area contributed by atoms with E-state index in [4.69, 9.17) is 5.73 Å². The molecule has 2 heterocycles. The highest BCUT2D eigenvalue weighted by atomic mass is 32.1. The Balaban J connectivity index is 1.78.